The van der Waals surface area contributed by atoms with E-state index in [1.165, 1.54) is 11.1 Å². The minimum atomic E-state index is 1.01. The molecule has 0 aromatic rings. The Balaban J connectivity index is 2.91. The first kappa shape index (κ1) is 10.6. The molecule has 1 heteroatoms. The standard InChI is InChI=1S/C13H17N/c1-10(2)8-11(3)13-7-6-12(4)14(5)9-13/h6-9H,1,4H2,2-3,5H3/b11-8+. The predicted octanol–water partition coefficient (Wildman–Crippen LogP) is 3.41. The molecule has 0 unspecified atom stereocenters. The lowest BCUT2D eigenvalue weighted by atomic mass is 10.0. The van der Waals surface area contributed by atoms with Crippen molar-refractivity contribution < 1.29 is 0 Å². The summed E-state index contributed by atoms with van der Waals surface area (Å²) in [5, 5.41) is 0. The SMILES string of the molecule is C=C(C)/C=C(\C)C1=CN(C)C(=C)C=C1. The van der Waals surface area contributed by atoms with E-state index >= 15 is 0 Å². The molecular formula is C13H17N. The minimum Gasteiger partial charge on any atom is -0.351 e. The van der Waals surface area contributed by atoms with E-state index in [1.54, 1.807) is 0 Å². The highest BCUT2D eigenvalue weighted by Crippen LogP contribution is 2.20. The lowest BCUT2D eigenvalue weighted by molar-refractivity contribution is 0.582. The lowest BCUT2D eigenvalue weighted by Crippen LogP contribution is -2.11. The smallest absolute Gasteiger partial charge is 0.0330 e. The van der Waals surface area contributed by atoms with Gasteiger partial charge in [0.2, 0.25) is 0 Å². The summed E-state index contributed by atoms with van der Waals surface area (Å²) in [6, 6.07) is 0. The number of likely N-dealkylation sites (N-methyl/N-ethyl adjacent to an activating group) is 1. The molecule has 1 rings (SSSR count). The Hall–Kier alpha value is -1.50. The Morgan fingerprint density at radius 2 is 2.00 bits per heavy atom. The second kappa shape index (κ2) is 4.14. The summed E-state index contributed by atoms with van der Waals surface area (Å²) in [7, 11) is 2.00. The predicted molar refractivity (Wildman–Crippen MR) is 62.7 cm³/mol. The highest BCUT2D eigenvalue weighted by Gasteiger charge is 2.05. The van der Waals surface area contributed by atoms with E-state index in [2.05, 4.69) is 38.4 Å². The molecule has 0 radical (unpaired) electrons. The van der Waals surface area contributed by atoms with Crippen LogP contribution in [0.15, 0.2) is 60.0 Å². The first-order chi connectivity index (χ1) is 6.50. The Labute approximate surface area is 86.4 Å². The van der Waals surface area contributed by atoms with E-state index in [9.17, 15) is 0 Å². The van der Waals surface area contributed by atoms with Crippen molar-refractivity contribution in [2.45, 2.75) is 13.8 Å². The van der Waals surface area contributed by atoms with Crippen molar-refractivity contribution in [2.75, 3.05) is 7.05 Å². The maximum absolute atomic E-state index is 3.91. The van der Waals surface area contributed by atoms with Crippen molar-refractivity contribution in [1.82, 2.24) is 4.90 Å². The normalized spacial score (nSPS) is 17.1. The Bertz CT molecular complexity index is 353. The topological polar surface area (TPSA) is 3.24 Å². The molecule has 0 fully saturated rings. The molecule has 74 valence electrons. The highest BCUT2D eigenvalue weighted by atomic mass is 15.1. The van der Waals surface area contributed by atoms with Gasteiger partial charge in [0.15, 0.2) is 0 Å². The van der Waals surface area contributed by atoms with E-state index in [0.717, 1.165) is 11.3 Å². The molecule has 0 saturated heterocycles. The van der Waals surface area contributed by atoms with Crippen LogP contribution in [-0.2, 0) is 0 Å². The fraction of sp³-hybridized carbons (Fsp3) is 0.231. The van der Waals surface area contributed by atoms with E-state index in [-0.39, 0.29) is 0 Å². The van der Waals surface area contributed by atoms with Crippen LogP contribution in [0.5, 0.6) is 0 Å². The van der Waals surface area contributed by atoms with Crippen LogP contribution in [0.2, 0.25) is 0 Å². The third-order valence-electron chi connectivity index (χ3n) is 2.16. The second-order valence-electron chi connectivity index (χ2n) is 3.69. The van der Waals surface area contributed by atoms with Crippen LogP contribution in [0.1, 0.15) is 13.8 Å². The van der Waals surface area contributed by atoms with Gasteiger partial charge in [-0.15, -0.1) is 0 Å². The van der Waals surface area contributed by atoms with Crippen molar-refractivity contribution in [3.63, 3.8) is 0 Å². The molecule has 0 bridgehead atoms. The highest BCUT2D eigenvalue weighted by molar-refractivity contribution is 5.45. The van der Waals surface area contributed by atoms with Gasteiger partial charge < -0.3 is 4.90 Å². The summed E-state index contributed by atoms with van der Waals surface area (Å²) < 4.78 is 0. The summed E-state index contributed by atoms with van der Waals surface area (Å²) in [5.41, 5.74) is 4.52. The summed E-state index contributed by atoms with van der Waals surface area (Å²) in [5.74, 6) is 0. The molecule has 0 aromatic heterocycles. The molecule has 0 aliphatic carbocycles. The van der Waals surface area contributed by atoms with Gasteiger partial charge in [0.05, 0.1) is 0 Å². The molecule has 0 saturated carbocycles. The number of hydrogen-bond acceptors (Lipinski definition) is 1. The third kappa shape index (κ3) is 2.49. The van der Waals surface area contributed by atoms with Gasteiger partial charge in [0, 0.05) is 18.9 Å². The monoisotopic (exact) mass is 187 g/mol. The quantitative estimate of drug-likeness (QED) is 0.599. The lowest BCUT2D eigenvalue weighted by Gasteiger charge is -2.20. The average molecular weight is 187 g/mol. The van der Waals surface area contributed by atoms with Crippen LogP contribution in [-0.4, -0.2) is 11.9 Å². The van der Waals surface area contributed by atoms with Gasteiger partial charge >= 0.3 is 0 Å². The molecule has 0 N–H and O–H groups in total. The van der Waals surface area contributed by atoms with Crippen LogP contribution in [0.4, 0.5) is 0 Å². The first-order valence-electron chi connectivity index (χ1n) is 4.66. The van der Waals surface area contributed by atoms with Crippen LogP contribution in [0, 0.1) is 0 Å². The molecule has 0 aromatic carbocycles. The molecule has 14 heavy (non-hydrogen) atoms. The third-order valence-corrected chi connectivity index (χ3v) is 2.16. The van der Waals surface area contributed by atoms with Crippen LogP contribution in [0.3, 0.4) is 0 Å². The minimum absolute atomic E-state index is 1.01. The van der Waals surface area contributed by atoms with Gasteiger partial charge in [0.25, 0.3) is 0 Å². The summed E-state index contributed by atoms with van der Waals surface area (Å²) in [4.78, 5) is 2.02. The van der Waals surface area contributed by atoms with Crippen molar-refractivity contribution in [1.29, 1.82) is 0 Å². The van der Waals surface area contributed by atoms with Crippen molar-refractivity contribution >= 4 is 0 Å². The second-order valence-corrected chi connectivity index (χ2v) is 3.69. The molecule has 1 aliphatic rings. The van der Waals surface area contributed by atoms with Gasteiger partial charge in [-0.3, -0.25) is 0 Å². The van der Waals surface area contributed by atoms with Gasteiger partial charge in [0.1, 0.15) is 0 Å². The van der Waals surface area contributed by atoms with Crippen LogP contribution < -0.4 is 0 Å². The van der Waals surface area contributed by atoms with Gasteiger partial charge in [-0.2, -0.15) is 0 Å². The van der Waals surface area contributed by atoms with Crippen molar-refractivity contribution in [2.24, 2.45) is 0 Å². The molecule has 0 amide bonds. The van der Waals surface area contributed by atoms with E-state index in [0.29, 0.717) is 0 Å². The van der Waals surface area contributed by atoms with E-state index in [1.807, 2.05) is 24.9 Å². The fourth-order valence-corrected chi connectivity index (χ4v) is 1.32. The molecule has 0 atom stereocenters. The van der Waals surface area contributed by atoms with Crippen LogP contribution >= 0.6 is 0 Å². The number of hydrogen-bond donors (Lipinski definition) is 0. The van der Waals surface area contributed by atoms with Crippen molar-refractivity contribution in [3.8, 4) is 0 Å². The number of allylic oxidation sites excluding steroid dienone is 6. The Kier molecular flexibility index (Phi) is 3.13. The van der Waals surface area contributed by atoms with Crippen LogP contribution in [0.25, 0.3) is 0 Å². The molecule has 0 spiro atoms. The summed E-state index contributed by atoms with van der Waals surface area (Å²) in [6.07, 6.45) is 8.26. The average Bonchev–Trinajstić information content (AvgIpc) is 2.08. The maximum atomic E-state index is 3.91. The molecule has 1 heterocycles. The molecular weight excluding hydrogens is 170 g/mol. The maximum Gasteiger partial charge on any atom is 0.0330 e. The largest absolute Gasteiger partial charge is 0.351 e. The Morgan fingerprint density at radius 3 is 2.50 bits per heavy atom. The number of nitrogens with zero attached hydrogens (tertiary/aromatic N) is 1. The fourth-order valence-electron chi connectivity index (χ4n) is 1.32. The first-order valence-corrected chi connectivity index (χ1v) is 4.66. The zero-order valence-corrected chi connectivity index (χ0v) is 9.17. The Morgan fingerprint density at radius 1 is 1.36 bits per heavy atom. The molecule has 1 aliphatic heterocycles. The zero-order chi connectivity index (χ0) is 10.7. The van der Waals surface area contributed by atoms with Gasteiger partial charge in [-0.05, 0) is 31.1 Å². The molecule has 1 nitrogen and oxygen atoms in total. The van der Waals surface area contributed by atoms with Gasteiger partial charge in [-0.25, -0.2) is 0 Å². The zero-order valence-electron chi connectivity index (χ0n) is 9.17. The number of rotatable bonds is 2. The van der Waals surface area contributed by atoms with Crippen molar-refractivity contribution in [3.05, 3.63) is 60.0 Å². The van der Waals surface area contributed by atoms with E-state index < -0.39 is 0 Å². The van der Waals surface area contributed by atoms with Gasteiger partial charge in [-0.1, -0.05) is 30.9 Å². The summed E-state index contributed by atoms with van der Waals surface area (Å²) >= 11 is 0. The summed E-state index contributed by atoms with van der Waals surface area (Å²) in [6.45, 7) is 11.9. The van der Waals surface area contributed by atoms with E-state index in [4.69, 9.17) is 0 Å².